The van der Waals surface area contributed by atoms with Gasteiger partial charge in [0.25, 0.3) is 0 Å². The minimum atomic E-state index is -0.949. The maximum atomic E-state index is 12.2. The number of rotatable bonds is 4. The van der Waals surface area contributed by atoms with Gasteiger partial charge in [0.05, 0.1) is 17.5 Å². The van der Waals surface area contributed by atoms with Crippen molar-refractivity contribution in [1.82, 2.24) is 4.98 Å². The number of nitrogens with zero attached hydrogens (tertiary/aromatic N) is 1. The van der Waals surface area contributed by atoms with Gasteiger partial charge in [-0.25, -0.2) is 9.78 Å². The summed E-state index contributed by atoms with van der Waals surface area (Å²) < 4.78 is 3.65. The molecule has 1 aromatic heterocycles. The minimum absolute atomic E-state index is 0.0203. The molecule has 0 unspecified atom stereocenters. The number of ether oxygens (including phenoxy) is 1. The second kappa shape index (κ2) is 6.51. The summed E-state index contributed by atoms with van der Waals surface area (Å²) in [6, 6.07) is 3.14. The Hall–Kier alpha value is -1.89. The van der Waals surface area contributed by atoms with Crippen molar-refractivity contribution in [3.05, 3.63) is 24.0 Å². The summed E-state index contributed by atoms with van der Waals surface area (Å²) in [6.45, 7) is 4.65. The molecular formula is C13H16N2O4S. The van der Waals surface area contributed by atoms with E-state index < -0.39 is 16.6 Å². The number of nitrogens with one attached hydrogen (secondary N) is 1. The fourth-order valence-corrected chi connectivity index (χ4v) is 2.31. The van der Waals surface area contributed by atoms with Crippen LogP contribution in [0.1, 0.15) is 31.3 Å². The zero-order valence-electron chi connectivity index (χ0n) is 11.7. The number of anilines is 1. The Morgan fingerprint density at radius 2 is 2.00 bits per heavy atom. The fraction of sp³-hybridized carbons (Fsp3) is 0.385. The number of carbonyl (C=O) groups excluding carboxylic acids is 3. The van der Waals surface area contributed by atoms with Gasteiger partial charge in [-0.1, -0.05) is 11.8 Å². The summed E-state index contributed by atoms with van der Waals surface area (Å²) in [4.78, 5) is 38.7. The number of esters is 1. The Kier molecular flexibility index (Phi) is 5.26. The van der Waals surface area contributed by atoms with Gasteiger partial charge in [0.1, 0.15) is 0 Å². The third-order valence-electron chi connectivity index (χ3n) is 2.38. The van der Waals surface area contributed by atoms with Gasteiger partial charge in [0.15, 0.2) is 10.8 Å². The van der Waals surface area contributed by atoms with Gasteiger partial charge < -0.3 is 10.1 Å². The predicted octanol–water partition coefficient (Wildman–Crippen LogP) is 1.86. The first-order chi connectivity index (χ1) is 9.27. The molecule has 1 rings (SSSR count). The molecule has 0 atom stereocenters. The van der Waals surface area contributed by atoms with Crippen LogP contribution in [0.4, 0.5) is 5.69 Å². The van der Waals surface area contributed by atoms with Crippen molar-refractivity contribution < 1.29 is 19.1 Å². The first-order valence-electron chi connectivity index (χ1n) is 5.82. The quantitative estimate of drug-likeness (QED) is 0.854. The van der Waals surface area contributed by atoms with Crippen molar-refractivity contribution >= 4 is 34.4 Å². The summed E-state index contributed by atoms with van der Waals surface area (Å²) in [7, 11) is 1.23. The van der Waals surface area contributed by atoms with Gasteiger partial charge in [-0.3, -0.25) is 9.59 Å². The molecule has 0 spiro atoms. The van der Waals surface area contributed by atoms with Gasteiger partial charge in [0.2, 0.25) is 5.91 Å². The first-order valence-corrected chi connectivity index (χ1v) is 6.64. The zero-order valence-corrected chi connectivity index (χ0v) is 12.5. The normalized spacial score (nSPS) is 10.8. The van der Waals surface area contributed by atoms with Gasteiger partial charge in [-0.15, -0.1) is 0 Å². The maximum absolute atomic E-state index is 12.2. The second-order valence-corrected chi connectivity index (χ2v) is 6.25. The Bertz CT molecular complexity index is 543. The number of amides is 1. The lowest BCUT2D eigenvalue weighted by Crippen LogP contribution is -2.35. The van der Waals surface area contributed by atoms with Gasteiger partial charge >= 0.3 is 5.97 Å². The molecule has 7 heteroatoms. The van der Waals surface area contributed by atoms with Crippen LogP contribution in [0, 0.1) is 0 Å². The largest absolute Gasteiger partial charge is 0.464 e. The highest BCUT2D eigenvalue weighted by Gasteiger charge is 2.31. The monoisotopic (exact) mass is 296 g/mol. The smallest absolute Gasteiger partial charge is 0.358 e. The minimum Gasteiger partial charge on any atom is -0.464 e. The Morgan fingerprint density at radius 1 is 1.35 bits per heavy atom. The highest BCUT2D eigenvalue weighted by molar-refractivity contribution is 8.15. The molecular weight excluding hydrogens is 280 g/mol. The summed E-state index contributed by atoms with van der Waals surface area (Å²) in [5.41, 5.74) is 0.272. The van der Waals surface area contributed by atoms with Crippen LogP contribution in [0.3, 0.4) is 0 Å². The Morgan fingerprint density at radius 3 is 2.55 bits per heavy atom. The SMILES string of the molecule is COC(=O)c1ncccc1NC(=O)C(C)(C)SC(C)=O. The van der Waals surface area contributed by atoms with E-state index in [1.54, 1.807) is 26.0 Å². The van der Waals surface area contributed by atoms with Crippen molar-refractivity contribution in [1.29, 1.82) is 0 Å². The number of methoxy groups -OCH3 is 1. The number of carbonyl (C=O) groups is 3. The van der Waals surface area contributed by atoms with E-state index in [4.69, 9.17) is 0 Å². The molecule has 0 aliphatic rings. The van der Waals surface area contributed by atoms with Gasteiger partial charge in [-0.2, -0.15) is 0 Å². The molecule has 1 heterocycles. The van der Waals surface area contributed by atoms with E-state index in [0.717, 1.165) is 11.8 Å². The van der Waals surface area contributed by atoms with Crippen LogP contribution in [0.2, 0.25) is 0 Å². The standard InChI is InChI=1S/C13H16N2O4S/c1-8(16)20-13(2,3)12(18)15-9-6-5-7-14-10(9)11(17)19-4/h5-7H,1-4H3,(H,15,18). The molecule has 0 aliphatic carbocycles. The van der Waals surface area contributed by atoms with Crippen LogP contribution in [0.5, 0.6) is 0 Å². The molecule has 0 radical (unpaired) electrons. The summed E-state index contributed by atoms with van der Waals surface area (Å²) in [5, 5.41) is 2.43. The van der Waals surface area contributed by atoms with Crippen LogP contribution in [-0.4, -0.2) is 33.8 Å². The molecule has 1 N–H and O–H groups in total. The van der Waals surface area contributed by atoms with Gasteiger partial charge in [0, 0.05) is 13.1 Å². The van der Waals surface area contributed by atoms with E-state index in [9.17, 15) is 14.4 Å². The summed E-state index contributed by atoms with van der Waals surface area (Å²) in [6.07, 6.45) is 1.43. The first kappa shape index (κ1) is 16.2. The highest BCUT2D eigenvalue weighted by atomic mass is 32.2. The zero-order chi connectivity index (χ0) is 15.3. The molecule has 0 aliphatic heterocycles. The average Bonchev–Trinajstić information content (AvgIpc) is 2.37. The van der Waals surface area contributed by atoms with Gasteiger partial charge in [-0.05, 0) is 26.0 Å². The van der Waals surface area contributed by atoms with E-state index in [1.807, 2.05) is 0 Å². The van der Waals surface area contributed by atoms with Crippen LogP contribution in [0.15, 0.2) is 18.3 Å². The highest BCUT2D eigenvalue weighted by Crippen LogP contribution is 2.27. The average molecular weight is 296 g/mol. The summed E-state index contributed by atoms with van der Waals surface area (Å²) in [5.74, 6) is -1.03. The number of aromatic nitrogens is 1. The van der Waals surface area contributed by atoms with E-state index >= 15 is 0 Å². The third kappa shape index (κ3) is 4.06. The summed E-state index contributed by atoms with van der Waals surface area (Å²) >= 11 is 0.917. The second-order valence-electron chi connectivity index (χ2n) is 4.45. The van der Waals surface area contributed by atoms with Crippen molar-refractivity contribution in [3.8, 4) is 0 Å². The molecule has 0 bridgehead atoms. The lowest BCUT2D eigenvalue weighted by atomic mass is 10.2. The van der Waals surface area contributed by atoms with Crippen LogP contribution in [0.25, 0.3) is 0 Å². The number of hydrogen-bond donors (Lipinski definition) is 1. The molecule has 20 heavy (non-hydrogen) atoms. The van der Waals surface area contributed by atoms with Crippen molar-refractivity contribution in [3.63, 3.8) is 0 Å². The molecule has 1 amide bonds. The van der Waals surface area contributed by atoms with E-state index in [2.05, 4.69) is 15.0 Å². The van der Waals surface area contributed by atoms with Crippen LogP contribution < -0.4 is 5.32 Å². The number of hydrogen-bond acceptors (Lipinski definition) is 6. The van der Waals surface area contributed by atoms with Crippen molar-refractivity contribution in [2.75, 3.05) is 12.4 Å². The van der Waals surface area contributed by atoms with Crippen molar-refractivity contribution in [2.24, 2.45) is 0 Å². The Balaban J connectivity index is 2.96. The lowest BCUT2D eigenvalue weighted by molar-refractivity contribution is -0.118. The number of pyridine rings is 1. The molecule has 1 aromatic rings. The molecule has 0 saturated heterocycles. The van der Waals surface area contributed by atoms with Crippen molar-refractivity contribution in [2.45, 2.75) is 25.5 Å². The fourth-order valence-electron chi connectivity index (χ4n) is 1.44. The Labute approximate surface area is 121 Å². The molecule has 108 valence electrons. The number of thioether (sulfide) groups is 1. The molecule has 0 saturated carbocycles. The topological polar surface area (TPSA) is 85.4 Å². The third-order valence-corrected chi connectivity index (χ3v) is 3.36. The lowest BCUT2D eigenvalue weighted by Gasteiger charge is -2.21. The van der Waals surface area contributed by atoms with E-state index in [1.165, 1.54) is 20.2 Å². The molecule has 0 fully saturated rings. The van der Waals surface area contributed by atoms with Crippen LogP contribution >= 0.6 is 11.8 Å². The van der Waals surface area contributed by atoms with Crippen LogP contribution in [-0.2, 0) is 14.3 Å². The predicted molar refractivity (Wildman–Crippen MR) is 76.6 cm³/mol. The van der Waals surface area contributed by atoms with E-state index in [-0.39, 0.29) is 16.5 Å². The molecule has 0 aromatic carbocycles. The van der Waals surface area contributed by atoms with E-state index in [0.29, 0.717) is 0 Å². The maximum Gasteiger partial charge on any atom is 0.358 e. The molecule has 6 nitrogen and oxygen atoms in total.